The number of rotatable bonds is 7. The van der Waals surface area contributed by atoms with Gasteiger partial charge < -0.3 is 29.0 Å². The number of aromatic nitrogens is 1. The first kappa shape index (κ1) is 24.3. The number of piperidine rings is 1. The quantitative estimate of drug-likeness (QED) is 0.509. The van der Waals surface area contributed by atoms with Crippen LogP contribution in [-0.4, -0.2) is 61.4 Å². The van der Waals surface area contributed by atoms with Gasteiger partial charge in [0, 0.05) is 37.1 Å². The molecule has 1 aromatic heterocycles. The molecule has 1 N–H and O–H groups in total. The molecule has 3 heterocycles. The largest absolute Gasteiger partial charge is 0.486 e. The van der Waals surface area contributed by atoms with Crippen molar-refractivity contribution in [3.05, 3.63) is 69.5 Å². The van der Waals surface area contributed by atoms with Crippen molar-refractivity contribution in [3.8, 4) is 11.5 Å². The van der Waals surface area contributed by atoms with Crippen molar-refractivity contribution in [2.75, 3.05) is 40.0 Å². The summed E-state index contributed by atoms with van der Waals surface area (Å²) in [4.78, 5) is 27.6. The molecule has 8 nitrogen and oxygen atoms in total. The molecule has 0 radical (unpaired) electrons. The molecule has 0 atom stereocenters. The third kappa shape index (κ3) is 5.24. The van der Waals surface area contributed by atoms with E-state index in [-0.39, 0.29) is 5.56 Å². The summed E-state index contributed by atoms with van der Waals surface area (Å²) in [6, 6.07) is 13.8. The van der Waals surface area contributed by atoms with Crippen LogP contribution in [0.25, 0.3) is 10.9 Å². The van der Waals surface area contributed by atoms with E-state index >= 15 is 0 Å². The molecular formula is C28H33N3O5. The van der Waals surface area contributed by atoms with Crippen molar-refractivity contribution in [2.45, 2.75) is 38.9 Å². The number of nitrogens with one attached hydrogen (secondary N) is 1. The van der Waals surface area contributed by atoms with Crippen LogP contribution in [0.5, 0.6) is 11.5 Å². The van der Waals surface area contributed by atoms with Crippen LogP contribution >= 0.6 is 0 Å². The Morgan fingerprint density at radius 2 is 1.81 bits per heavy atom. The van der Waals surface area contributed by atoms with Gasteiger partial charge in [-0.15, -0.1) is 0 Å². The van der Waals surface area contributed by atoms with E-state index in [1.165, 1.54) is 18.7 Å². The van der Waals surface area contributed by atoms with Crippen LogP contribution in [0.4, 0.5) is 0 Å². The Bertz CT molecular complexity index is 1310. The third-order valence-electron chi connectivity index (χ3n) is 7.10. The van der Waals surface area contributed by atoms with E-state index in [2.05, 4.69) is 22.3 Å². The van der Waals surface area contributed by atoms with Crippen LogP contribution in [0.1, 0.15) is 34.3 Å². The molecule has 2 aliphatic rings. The van der Waals surface area contributed by atoms with Gasteiger partial charge in [0.05, 0.1) is 18.2 Å². The Morgan fingerprint density at radius 3 is 2.58 bits per heavy atom. The van der Waals surface area contributed by atoms with Crippen molar-refractivity contribution in [2.24, 2.45) is 0 Å². The van der Waals surface area contributed by atoms with Crippen LogP contribution in [0.3, 0.4) is 0 Å². The van der Waals surface area contributed by atoms with Crippen molar-refractivity contribution in [1.82, 2.24) is 14.8 Å². The fraction of sp³-hybridized carbons (Fsp3) is 0.429. The summed E-state index contributed by atoms with van der Waals surface area (Å²) >= 11 is 0. The molecule has 36 heavy (non-hydrogen) atoms. The second-order valence-electron chi connectivity index (χ2n) is 9.53. The van der Waals surface area contributed by atoms with Crippen LogP contribution in [0, 0.1) is 6.92 Å². The molecule has 1 fully saturated rings. The highest BCUT2D eigenvalue weighted by atomic mass is 16.6. The van der Waals surface area contributed by atoms with Crippen LogP contribution < -0.4 is 20.3 Å². The molecule has 0 amide bonds. The first-order chi connectivity index (χ1) is 17.5. The number of carbonyl (C=O) groups excluding carboxylic acids is 1. The fourth-order valence-electron chi connectivity index (χ4n) is 5.06. The first-order valence-corrected chi connectivity index (χ1v) is 12.6. The van der Waals surface area contributed by atoms with Crippen LogP contribution in [0.15, 0.2) is 47.3 Å². The average molecular weight is 492 g/mol. The maximum Gasteiger partial charge on any atom is 0.338 e. The number of hydrogen-bond donors (Lipinski definition) is 1. The molecule has 0 spiro atoms. The normalized spacial score (nSPS) is 16.3. The highest BCUT2D eigenvalue weighted by Gasteiger charge is 2.21. The Kier molecular flexibility index (Phi) is 7.25. The number of hydrogen-bond acceptors (Lipinski definition) is 7. The number of fused-ring (bicyclic) bond motifs is 2. The average Bonchev–Trinajstić information content (AvgIpc) is 2.91. The van der Waals surface area contributed by atoms with Gasteiger partial charge in [0.25, 0.3) is 5.56 Å². The lowest BCUT2D eigenvalue weighted by molar-refractivity contribution is 0.0602. The zero-order chi connectivity index (χ0) is 25.1. The van der Waals surface area contributed by atoms with Crippen molar-refractivity contribution in [3.63, 3.8) is 0 Å². The molecular weight excluding hydrogens is 458 g/mol. The highest BCUT2D eigenvalue weighted by Crippen LogP contribution is 2.30. The molecule has 190 valence electrons. The monoisotopic (exact) mass is 491 g/mol. The lowest BCUT2D eigenvalue weighted by Crippen LogP contribution is -2.43. The number of carbonyl (C=O) groups is 1. The standard InChI is InChI=1S/C28H33N3O5/c1-19-3-5-22-23(28(33)34-2)17-27(32)31(24(22)15-19)12-11-30-9-7-21(8-10-30)29-18-20-4-6-25-26(16-20)36-14-13-35-25/h3-6,15-17,21,29H,7-14,18H2,1-2H3. The third-order valence-corrected chi connectivity index (χ3v) is 7.10. The molecule has 2 aromatic carbocycles. The number of pyridine rings is 1. The number of aryl methyl sites for hydroxylation is 1. The molecule has 2 aliphatic heterocycles. The van der Waals surface area contributed by atoms with E-state index in [1.54, 1.807) is 4.57 Å². The zero-order valence-corrected chi connectivity index (χ0v) is 20.9. The second-order valence-corrected chi connectivity index (χ2v) is 9.53. The lowest BCUT2D eigenvalue weighted by atomic mass is 10.0. The van der Waals surface area contributed by atoms with E-state index in [9.17, 15) is 9.59 Å². The summed E-state index contributed by atoms with van der Waals surface area (Å²) in [5.74, 6) is 1.16. The fourth-order valence-corrected chi connectivity index (χ4v) is 5.06. The highest BCUT2D eigenvalue weighted by molar-refractivity contribution is 6.03. The summed E-state index contributed by atoms with van der Waals surface area (Å²) in [6.07, 6.45) is 2.11. The Morgan fingerprint density at radius 1 is 1.03 bits per heavy atom. The van der Waals surface area contributed by atoms with Crippen molar-refractivity contribution in [1.29, 1.82) is 0 Å². The molecule has 0 saturated carbocycles. The minimum absolute atomic E-state index is 0.176. The van der Waals surface area contributed by atoms with E-state index in [0.29, 0.717) is 31.4 Å². The topological polar surface area (TPSA) is 82.0 Å². The maximum absolute atomic E-state index is 12.9. The van der Waals surface area contributed by atoms with Crippen LogP contribution in [-0.2, 0) is 17.8 Å². The van der Waals surface area contributed by atoms with E-state index in [1.807, 2.05) is 31.2 Å². The van der Waals surface area contributed by atoms with E-state index in [4.69, 9.17) is 14.2 Å². The van der Waals surface area contributed by atoms with Gasteiger partial charge in [-0.1, -0.05) is 18.2 Å². The Labute approximate surface area is 210 Å². The summed E-state index contributed by atoms with van der Waals surface area (Å²) in [6.45, 7) is 7.31. The summed E-state index contributed by atoms with van der Waals surface area (Å²) in [5, 5.41) is 4.42. The van der Waals surface area contributed by atoms with E-state index in [0.717, 1.165) is 67.0 Å². The minimum Gasteiger partial charge on any atom is -0.486 e. The number of nitrogens with zero attached hydrogens (tertiary/aromatic N) is 2. The number of methoxy groups -OCH3 is 1. The predicted octanol–water partition coefficient (Wildman–Crippen LogP) is 3.12. The number of likely N-dealkylation sites (tertiary alicyclic amines) is 1. The van der Waals surface area contributed by atoms with Gasteiger partial charge in [-0.25, -0.2) is 4.79 Å². The molecule has 8 heteroatoms. The lowest BCUT2D eigenvalue weighted by Gasteiger charge is -2.32. The first-order valence-electron chi connectivity index (χ1n) is 12.6. The Balaban J connectivity index is 1.18. The maximum atomic E-state index is 12.9. The molecule has 0 bridgehead atoms. The predicted molar refractivity (Wildman–Crippen MR) is 138 cm³/mol. The zero-order valence-electron chi connectivity index (χ0n) is 20.9. The minimum atomic E-state index is -0.487. The molecule has 1 saturated heterocycles. The summed E-state index contributed by atoms with van der Waals surface area (Å²) in [5.41, 5.74) is 3.16. The number of esters is 1. The van der Waals surface area contributed by atoms with Gasteiger partial charge >= 0.3 is 5.97 Å². The van der Waals surface area contributed by atoms with Gasteiger partial charge in [0.1, 0.15) is 13.2 Å². The molecule has 5 rings (SSSR count). The summed E-state index contributed by atoms with van der Waals surface area (Å²) < 4.78 is 18.0. The number of ether oxygens (including phenoxy) is 3. The molecule has 3 aromatic rings. The summed E-state index contributed by atoms with van der Waals surface area (Å²) in [7, 11) is 1.34. The van der Waals surface area contributed by atoms with Crippen molar-refractivity contribution < 1.29 is 19.0 Å². The van der Waals surface area contributed by atoms with Crippen molar-refractivity contribution >= 4 is 16.9 Å². The van der Waals surface area contributed by atoms with E-state index < -0.39 is 5.97 Å². The number of benzene rings is 2. The SMILES string of the molecule is COC(=O)c1cc(=O)n(CCN2CCC(NCc3ccc4c(c3)OCCO4)CC2)c2cc(C)ccc12. The smallest absolute Gasteiger partial charge is 0.338 e. The van der Waals surface area contributed by atoms with Gasteiger partial charge in [-0.3, -0.25) is 4.79 Å². The molecule has 0 aliphatic carbocycles. The second kappa shape index (κ2) is 10.7. The van der Waals surface area contributed by atoms with Crippen LogP contribution in [0.2, 0.25) is 0 Å². The molecule has 0 unspecified atom stereocenters. The van der Waals surface area contributed by atoms with Gasteiger partial charge in [-0.2, -0.15) is 0 Å². The van der Waals surface area contributed by atoms with Gasteiger partial charge in [0.2, 0.25) is 0 Å². The van der Waals surface area contributed by atoms with Gasteiger partial charge in [0.15, 0.2) is 11.5 Å². The Hall–Kier alpha value is -3.36. The van der Waals surface area contributed by atoms with Gasteiger partial charge in [-0.05, 0) is 62.2 Å².